The Balaban J connectivity index is 2.65. The van der Waals surface area contributed by atoms with Gasteiger partial charge in [0.25, 0.3) is 0 Å². The van der Waals surface area contributed by atoms with Crippen LogP contribution < -0.4 is 4.74 Å². The van der Waals surface area contributed by atoms with Crippen molar-refractivity contribution in [3.05, 3.63) is 35.7 Å². The van der Waals surface area contributed by atoms with Crippen molar-refractivity contribution in [3.63, 3.8) is 0 Å². The SMILES string of the molecule is COc1ccc(F)cc1-c1nc(C)oc1C=O. The number of hydrogen-bond donors (Lipinski definition) is 0. The average Bonchev–Trinajstić information content (AvgIpc) is 2.70. The quantitative estimate of drug-likeness (QED) is 0.767. The topological polar surface area (TPSA) is 52.3 Å². The third-order valence-corrected chi connectivity index (χ3v) is 2.28. The summed E-state index contributed by atoms with van der Waals surface area (Å²) >= 11 is 0. The van der Waals surface area contributed by atoms with E-state index in [1.807, 2.05) is 0 Å². The van der Waals surface area contributed by atoms with Crippen LogP contribution in [0.3, 0.4) is 0 Å². The number of aldehydes is 1. The van der Waals surface area contributed by atoms with Crippen LogP contribution in [0.1, 0.15) is 16.4 Å². The number of halogens is 1. The van der Waals surface area contributed by atoms with Crippen molar-refractivity contribution < 1.29 is 18.3 Å². The van der Waals surface area contributed by atoms with Crippen LogP contribution in [0.2, 0.25) is 0 Å². The number of hydrogen-bond acceptors (Lipinski definition) is 4. The van der Waals surface area contributed by atoms with Crippen LogP contribution in [0.4, 0.5) is 4.39 Å². The van der Waals surface area contributed by atoms with Crippen LogP contribution in [0.15, 0.2) is 22.6 Å². The Morgan fingerprint density at radius 1 is 1.47 bits per heavy atom. The Hall–Kier alpha value is -2.17. The van der Waals surface area contributed by atoms with Gasteiger partial charge in [-0.3, -0.25) is 4.79 Å². The second-order valence-corrected chi connectivity index (χ2v) is 3.41. The lowest BCUT2D eigenvalue weighted by atomic mass is 10.1. The molecule has 0 aliphatic carbocycles. The molecule has 0 unspecified atom stereocenters. The third kappa shape index (κ3) is 2.04. The molecule has 1 aromatic heterocycles. The number of carbonyl (C=O) groups is 1. The molecular weight excluding hydrogens is 225 g/mol. The van der Waals surface area contributed by atoms with Crippen LogP contribution in [0, 0.1) is 12.7 Å². The molecule has 0 aliphatic rings. The first kappa shape index (κ1) is 11.3. The molecule has 0 saturated carbocycles. The van der Waals surface area contributed by atoms with Gasteiger partial charge < -0.3 is 9.15 Å². The predicted molar refractivity (Wildman–Crippen MR) is 58.6 cm³/mol. The molecular formula is C12H10FNO3. The Bertz CT molecular complexity index is 563. The summed E-state index contributed by atoms with van der Waals surface area (Å²) in [6.45, 7) is 1.61. The smallest absolute Gasteiger partial charge is 0.195 e. The number of benzene rings is 1. The van der Waals surface area contributed by atoms with Gasteiger partial charge in [-0.2, -0.15) is 0 Å². The highest BCUT2D eigenvalue weighted by atomic mass is 19.1. The van der Waals surface area contributed by atoms with Gasteiger partial charge in [0, 0.05) is 12.5 Å². The molecule has 5 heteroatoms. The molecule has 0 aliphatic heterocycles. The number of carbonyl (C=O) groups excluding carboxylic acids is 1. The van der Waals surface area contributed by atoms with E-state index in [1.54, 1.807) is 6.92 Å². The number of ether oxygens (including phenoxy) is 1. The summed E-state index contributed by atoms with van der Waals surface area (Å²) in [4.78, 5) is 14.9. The average molecular weight is 235 g/mol. The van der Waals surface area contributed by atoms with Crippen molar-refractivity contribution in [2.45, 2.75) is 6.92 Å². The predicted octanol–water partition coefficient (Wildman–Crippen LogP) is 2.61. The molecule has 0 bridgehead atoms. The highest BCUT2D eigenvalue weighted by Gasteiger charge is 2.17. The van der Waals surface area contributed by atoms with E-state index in [-0.39, 0.29) is 11.5 Å². The molecule has 1 aromatic carbocycles. The maximum absolute atomic E-state index is 13.2. The Morgan fingerprint density at radius 3 is 2.88 bits per heavy atom. The maximum Gasteiger partial charge on any atom is 0.195 e. The zero-order valence-corrected chi connectivity index (χ0v) is 9.36. The van der Waals surface area contributed by atoms with Gasteiger partial charge in [-0.1, -0.05) is 0 Å². The molecule has 0 atom stereocenters. The molecule has 0 saturated heterocycles. The van der Waals surface area contributed by atoms with Crippen molar-refractivity contribution in [3.8, 4) is 17.0 Å². The van der Waals surface area contributed by atoms with Crippen molar-refractivity contribution in [1.29, 1.82) is 0 Å². The highest BCUT2D eigenvalue weighted by Crippen LogP contribution is 2.32. The van der Waals surface area contributed by atoms with Gasteiger partial charge in [-0.05, 0) is 18.2 Å². The first-order chi connectivity index (χ1) is 8.15. The molecule has 1 heterocycles. The van der Waals surface area contributed by atoms with Crippen LogP contribution in [0.25, 0.3) is 11.3 Å². The molecule has 4 nitrogen and oxygen atoms in total. The van der Waals surface area contributed by atoms with E-state index in [2.05, 4.69) is 4.98 Å². The first-order valence-corrected chi connectivity index (χ1v) is 4.92. The van der Waals surface area contributed by atoms with E-state index < -0.39 is 5.82 Å². The molecule has 88 valence electrons. The van der Waals surface area contributed by atoms with Crippen molar-refractivity contribution in [2.75, 3.05) is 7.11 Å². The normalized spacial score (nSPS) is 10.3. The minimum atomic E-state index is -0.432. The van der Waals surface area contributed by atoms with Crippen molar-refractivity contribution >= 4 is 6.29 Å². The van der Waals surface area contributed by atoms with Gasteiger partial charge in [0.05, 0.1) is 7.11 Å². The van der Waals surface area contributed by atoms with Crippen LogP contribution in [-0.4, -0.2) is 18.4 Å². The molecule has 2 aromatic rings. The van der Waals surface area contributed by atoms with E-state index in [1.165, 1.54) is 25.3 Å². The van der Waals surface area contributed by atoms with Crippen LogP contribution in [0.5, 0.6) is 5.75 Å². The monoisotopic (exact) mass is 235 g/mol. The minimum Gasteiger partial charge on any atom is -0.496 e. The molecule has 0 fully saturated rings. The van der Waals surface area contributed by atoms with Crippen LogP contribution in [-0.2, 0) is 0 Å². The largest absolute Gasteiger partial charge is 0.496 e. The Morgan fingerprint density at radius 2 is 2.24 bits per heavy atom. The summed E-state index contributed by atoms with van der Waals surface area (Å²) in [7, 11) is 1.46. The number of nitrogens with zero attached hydrogens (tertiary/aromatic N) is 1. The van der Waals surface area contributed by atoms with Crippen molar-refractivity contribution in [1.82, 2.24) is 4.98 Å². The van der Waals surface area contributed by atoms with Gasteiger partial charge >= 0.3 is 0 Å². The lowest BCUT2D eigenvalue weighted by Crippen LogP contribution is -1.92. The molecule has 17 heavy (non-hydrogen) atoms. The van der Waals surface area contributed by atoms with E-state index in [4.69, 9.17) is 9.15 Å². The standard InChI is InChI=1S/C12H10FNO3/c1-7-14-12(11(6-15)17-7)9-5-8(13)3-4-10(9)16-2/h3-6H,1-2H3. The second-order valence-electron chi connectivity index (χ2n) is 3.41. The number of aromatic nitrogens is 1. The minimum absolute atomic E-state index is 0.0615. The van der Waals surface area contributed by atoms with Gasteiger partial charge in [0.1, 0.15) is 17.3 Å². The summed E-state index contributed by atoms with van der Waals surface area (Å²) in [6.07, 6.45) is 0.541. The number of rotatable bonds is 3. The van der Waals surface area contributed by atoms with E-state index in [9.17, 15) is 9.18 Å². The lowest BCUT2D eigenvalue weighted by Gasteiger charge is -2.05. The van der Waals surface area contributed by atoms with Gasteiger partial charge in [0.2, 0.25) is 0 Å². The summed E-state index contributed by atoms with van der Waals surface area (Å²) in [5.41, 5.74) is 0.681. The Kier molecular flexibility index (Phi) is 2.91. The first-order valence-electron chi connectivity index (χ1n) is 4.92. The summed E-state index contributed by atoms with van der Waals surface area (Å²) in [5, 5.41) is 0. The number of aryl methyl sites for hydroxylation is 1. The molecule has 0 amide bonds. The van der Waals surface area contributed by atoms with Gasteiger partial charge in [0.15, 0.2) is 17.9 Å². The second kappa shape index (κ2) is 4.37. The number of oxazole rings is 1. The van der Waals surface area contributed by atoms with Gasteiger partial charge in [-0.25, -0.2) is 9.37 Å². The summed E-state index contributed by atoms with van der Waals surface area (Å²) in [6, 6.07) is 4.00. The van der Waals surface area contributed by atoms with Crippen molar-refractivity contribution in [2.24, 2.45) is 0 Å². The summed E-state index contributed by atoms with van der Waals surface area (Å²) in [5.74, 6) is 0.404. The lowest BCUT2D eigenvalue weighted by molar-refractivity contribution is 0.110. The molecule has 2 rings (SSSR count). The van der Waals surface area contributed by atoms with E-state index in [0.29, 0.717) is 23.5 Å². The number of methoxy groups -OCH3 is 1. The zero-order valence-electron chi connectivity index (χ0n) is 9.36. The van der Waals surface area contributed by atoms with E-state index in [0.717, 1.165) is 0 Å². The fourth-order valence-corrected chi connectivity index (χ4v) is 1.58. The van der Waals surface area contributed by atoms with Gasteiger partial charge in [-0.15, -0.1) is 0 Å². The molecule has 0 N–H and O–H groups in total. The molecule has 0 spiro atoms. The molecule has 0 radical (unpaired) electrons. The zero-order chi connectivity index (χ0) is 12.4. The van der Waals surface area contributed by atoms with E-state index >= 15 is 0 Å². The fourth-order valence-electron chi connectivity index (χ4n) is 1.58. The fraction of sp³-hybridized carbons (Fsp3) is 0.167. The van der Waals surface area contributed by atoms with Crippen LogP contribution >= 0.6 is 0 Å². The maximum atomic E-state index is 13.2. The highest BCUT2D eigenvalue weighted by molar-refractivity contribution is 5.84. The summed E-state index contributed by atoms with van der Waals surface area (Å²) < 4.78 is 23.4. The Labute approximate surface area is 97.0 Å². The third-order valence-electron chi connectivity index (χ3n) is 2.28.